The van der Waals surface area contributed by atoms with Crippen molar-refractivity contribution < 1.29 is 5.11 Å². The van der Waals surface area contributed by atoms with Crippen LogP contribution >= 0.6 is 24.0 Å². The molecule has 0 bridgehead atoms. The monoisotopic (exact) mass is 511 g/mol. The molecule has 7 heteroatoms. The van der Waals surface area contributed by atoms with E-state index in [1.807, 2.05) is 18.5 Å². The van der Waals surface area contributed by atoms with E-state index in [2.05, 4.69) is 58.3 Å². The van der Waals surface area contributed by atoms with Gasteiger partial charge in [-0.25, -0.2) is 9.98 Å². The molecule has 0 amide bonds. The molecule has 0 aliphatic heterocycles. The Hall–Kier alpha value is -1.61. The minimum atomic E-state index is -0.249. The molecule has 1 aromatic heterocycles. The Balaban J connectivity index is 0.00000300. The third-order valence-corrected chi connectivity index (χ3v) is 5.66. The summed E-state index contributed by atoms with van der Waals surface area (Å²) in [5.74, 6) is 1.71. The van der Waals surface area contributed by atoms with Crippen molar-refractivity contribution >= 4 is 29.9 Å². The quantitative estimate of drug-likeness (QED) is 0.302. The first-order chi connectivity index (χ1) is 13.6. The molecule has 0 spiro atoms. The van der Waals surface area contributed by atoms with Crippen LogP contribution in [0.3, 0.4) is 0 Å². The van der Waals surface area contributed by atoms with Crippen molar-refractivity contribution in [3.05, 3.63) is 54.1 Å². The lowest BCUT2D eigenvalue weighted by molar-refractivity contribution is 0.00397. The Morgan fingerprint density at radius 2 is 2.07 bits per heavy atom. The fraction of sp³-hybridized carbons (Fsp3) is 0.545. The standard InChI is InChI=1S/C22H33N5O.HI/c1-3-23-21(26-17-22(2)12-8-7-11-19(22)28)25-15-20-24-13-14-27(20)16-18-9-5-4-6-10-18;/h4-6,9-10,13-14,19,28H,3,7-8,11-12,15-17H2,1-2H3,(H2,23,25,26);1H. The number of imidazole rings is 1. The maximum absolute atomic E-state index is 10.4. The first-order valence-corrected chi connectivity index (χ1v) is 10.3. The number of nitrogens with zero attached hydrogens (tertiary/aromatic N) is 3. The van der Waals surface area contributed by atoms with Crippen LogP contribution in [0.4, 0.5) is 0 Å². The molecular formula is C22H34IN5O. The molecule has 1 saturated carbocycles. The van der Waals surface area contributed by atoms with Crippen LogP contribution in [-0.2, 0) is 13.1 Å². The van der Waals surface area contributed by atoms with Gasteiger partial charge in [-0.2, -0.15) is 0 Å². The Labute approximate surface area is 191 Å². The molecule has 1 aliphatic rings. The van der Waals surface area contributed by atoms with E-state index in [1.165, 1.54) is 12.0 Å². The number of hydrogen-bond acceptors (Lipinski definition) is 3. The first kappa shape index (κ1) is 23.7. The highest BCUT2D eigenvalue weighted by atomic mass is 127. The van der Waals surface area contributed by atoms with E-state index < -0.39 is 0 Å². The van der Waals surface area contributed by atoms with Gasteiger partial charge in [0, 0.05) is 37.4 Å². The van der Waals surface area contributed by atoms with Crippen molar-refractivity contribution in [1.29, 1.82) is 0 Å². The highest BCUT2D eigenvalue weighted by molar-refractivity contribution is 14.0. The molecule has 0 radical (unpaired) electrons. The smallest absolute Gasteiger partial charge is 0.191 e. The predicted molar refractivity (Wildman–Crippen MR) is 129 cm³/mol. The number of aliphatic hydroxyl groups excluding tert-OH is 1. The second kappa shape index (κ2) is 11.5. The summed E-state index contributed by atoms with van der Waals surface area (Å²) < 4.78 is 2.13. The summed E-state index contributed by atoms with van der Waals surface area (Å²) in [6.45, 7) is 7.04. The topological polar surface area (TPSA) is 74.5 Å². The second-order valence-electron chi connectivity index (χ2n) is 7.92. The van der Waals surface area contributed by atoms with Gasteiger partial charge in [0.1, 0.15) is 12.4 Å². The third-order valence-electron chi connectivity index (χ3n) is 5.66. The van der Waals surface area contributed by atoms with Crippen molar-refractivity contribution in [2.24, 2.45) is 10.4 Å². The zero-order chi connectivity index (χ0) is 19.8. The van der Waals surface area contributed by atoms with E-state index in [4.69, 9.17) is 4.99 Å². The molecule has 29 heavy (non-hydrogen) atoms. The number of halogens is 1. The van der Waals surface area contributed by atoms with Gasteiger partial charge in [0.2, 0.25) is 0 Å². The van der Waals surface area contributed by atoms with Crippen LogP contribution in [0.25, 0.3) is 0 Å². The Morgan fingerprint density at radius 3 is 2.79 bits per heavy atom. The van der Waals surface area contributed by atoms with Gasteiger partial charge < -0.3 is 20.3 Å². The summed E-state index contributed by atoms with van der Waals surface area (Å²) in [5.41, 5.74) is 1.15. The SMILES string of the molecule is CCNC(=NCc1nccn1Cc1ccccc1)NCC1(C)CCCCC1O.I. The van der Waals surface area contributed by atoms with Crippen LogP contribution in [0.5, 0.6) is 0 Å². The Morgan fingerprint density at radius 1 is 1.28 bits per heavy atom. The number of nitrogens with one attached hydrogen (secondary N) is 2. The zero-order valence-electron chi connectivity index (χ0n) is 17.5. The zero-order valence-corrected chi connectivity index (χ0v) is 19.8. The molecule has 3 N–H and O–H groups in total. The minimum absolute atomic E-state index is 0. The Kier molecular flexibility index (Phi) is 9.42. The van der Waals surface area contributed by atoms with Crippen molar-refractivity contribution in [2.75, 3.05) is 13.1 Å². The average molecular weight is 511 g/mol. The van der Waals surface area contributed by atoms with Gasteiger partial charge in [0.15, 0.2) is 5.96 Å². The summed E-state index contributed by atoms with van der Waals surface area (Å²) in [6.07, 6.45) is 7.81. The van der Waals surface area contributed by atoms with E-state index in [0.717, 1.165) is 50.7 Å². The van der Waals surface area contributed by atoms with Crippen molar-refractivity contribution in [3.63, 3.8) is 0 Å². The lowest BCUT2D eigenvalue weighted by Gasteiger charge is -2.38. The van der Waals surface area contributed by atoms with Crippen LogP contribution in [0.2, 0.25) is 0 Å². The van der Waals surface area contributed by atoms with Crippen molar-refractivity contribution in [1.82, 2.24) is 20.2 Å². The number of guanidine groups is 1. The number of aromatic nitrogens is 2. The summed E-state index contributed by atoms with van der Waals surface area (Å²) in [4.78, 5) is 9.21. The number of aliphatic hydroxyl groups is 1. The molecule has 1 aromatic carbocycles. The molecule has 3 rings (SSSR count). The lowest BCUT2D eigenvalue weighted by Crippen LogP contribution is -2.48. The summed E-state index contributed by atoms with van der Waals surface area (Å²) >= 11 is 0. The average Bonchev–Trinajstić information content (AvgIpc) is 3.14. The van der Waals surface area contributed by atoms with Crippen LogP contribution in [0.15, 0.2) is 47.7 Å². The van der Waals surface area contributed by atoms with E-state index in [9.17, 15) is 5.11 Å². The lowest BCUT2D eigenvalue weighted by atomic mass is 9.73. The molecule has 160 valence electrons. The summed E-state index contributed by atoms with van der Waals surface area (Å²) in [7, 11) is 0. The van der Waals surface area contributed by atoms with Crippen LogP contribution < -0.4 is 10.6 Å². The highest BCUT2D eigenvalue weighted by Gasteiger charge is 2.35. The fourth-order valence-corrected chi connectivity index (χ4v) is 3.78. The van der Waals surface area contributed by atoms with E-state index in [-0.39, 0.29) is 35.5 Å². The largest absolute Gasteiger partial charge is 0.392 e. The molecule has 2 aromatic rings. The van der Waals surface area contributed by atoms with Gasteiger partial charge in [-0.1, -0.05) is 50.1 Å². The molecule has 2 atom stereocenters. The van der Waals surface area contributed by atoms with E-state index >= 15 is 0 Å². The van der Waals surface area contributed by atoms with E-state index in [0.29, 0.717) is 6.54 Å². The van der Waals surface area contributed by atoms with Crippen molar-refractivity contribution in [2.45, 2.75) is 58.7 Å². The van der Waals surface area contributed by atoms with Gasteiger partial charge in [-0.15, -0.1) is 24.0 Å². The van der Waals surface area contributed by atoms with Crippen LogP contribution in [0.1, 0.15) is 50.9 Å². The molecule has 1 fully saturated rings. The number of rotatable bonds is 7. The first-order valence-electron chi connectivity index (χ1n) is 10.3. The van der Waals surface area contributed by atoms with Crippen LogP contribution in [0, 0.1) is 5.41 Å². The molecular weight excluding hydrogens is 477 g/mol. The molecule has 6 nitrogen and oxygen atoms in total. The molecule has 1 heterocycles. The number of benzene rings is 1. The van der Waals surface area contributed by atoms with Gasteiger partial charge >= 0.3 is 0 Å². The van der Waals surface area contributed by atoms with Gasteiger partial charge in [0.05, 0.1) is 6.10 Å². The van der Waals surface area contributed by atoms with E-state index in [1.54, 1.807) is 0 Å². The molecule has 2 unspecified atom stereocenters. The highest BCUT2D eigenvalue weighted by Crippen LogP contribution is 2.35. The second-order valence-corrected chi connectivity index (χ2v) is 7.92. The maximum atomic E-state index is 10.4. The van der Waals surface area contributed by atoms with Gasteiger partial charge in [0.25, 0.3) is 0 Å². The molecule has 1 aliphatic carbocycles. The summed E-state index contributed by atoms with van der Waals surface area (Å²) in [6, 6.07) is 10.4. The number of aliphatic imine (C=N–C) groups is 1. The maximum Gasteiger partial charge on any atom is 0.191 e. The normalized spacial score (nSPS) is 22.0. The summed E-state index contributed by atoms with van der Waals surface area (Å²) in [5, 5.41) is 17.2. The predicted octanol–water partition coefficient (Wildman–Crippen LogP) is 3.55. The Bertz CT molecular complexity index is 764. The van der Waals surface area contributed by atoms with Gasteiger partial charge in [-0.3, -0.25) is 0 Å². The van der Waals surface area contributed by atoms with Crippen LogP contribution in [-0.4, -0.2) is 39.8 Å². The third kappa shape index (κ3) is 6.70. The molecule has 0 saturated heterocycles. The number of hydrogen-bond donors (Lipinski definition) is 3. The van der Waals surface area contributed by atoms with Crippen molar-refractivity contribution in [3.8, 4) is 0 Å². The minimum Gasteiger partial charge on any atom is -0.392 e. The fourth-order valence-electron chi connectivity index (χ4n) is 3.78. The van der Waals surface area contributed by atoms with Gasteiger partial charge in [-0.05, 0) is 25.3 Å².